The maximum atomic E-state index is 13.2. The summed E-state index contributed by atoms with van der Waals surface area (Å²) in [5.74, 6) is -0.243. The molecule has 0 saturated carbocycles. The Kier molecular flexibility index (Phi) is 5.12. The first-order valence-electron chi connectivity index (χ1n) is 8.34. The van der Waals surface area contributed by atoms with Gasteiger partial charge < -0.3 is 4.74 Å². The summed E-state index contributed by atoms with van der Waals surface area (Å²) >= 11 is 0. The van der Waals surface area contributed by atoms with Crippen molar-refractivity contribution in [2.24, 2.45) is 0 Å². The van der Waals surface area contributed by atoms with Crippen LogP contribution >= 0.6 is 0 Å². The minimum Gasteiger partial charge on any atom is -0.444 e. The number of pyridine rings is 3. The second kappa shape index (κ2) is 7.49. The maximum Gasteiger partial charge on any atom is 0.413 e. The zero-order chi connectivity index (χ0) is 19.4. The van der Waals surface area contributed by atoms with Crippen molar-refractivity contribution in [3.05, 3.63) is 60.9 Å². The highest BCUT2D eigenvalue weighted by atomic mass is 19.1. The Labute approximate surface area is 156 Å². The molecule has 0 radical (unpaired) electrons. The summed E-state index contributed by atoms with van der Waals surface area (Å²) in [6, 6.07) is 10.0. The third-order valence-corrected chi connectivity index (χ3v) is 3.49. The molecule has 0 aliphatic rings. The van der Waals surface area contributed by atoms with Gasteiger partial charge in [-0.25, -0.2) is 14.8 Å². The molecule has 0 saturated heterocycles. The molecule has 3 rings (SSSR count). The van der Waals surface area contributed by atoms with Crippen LogP contribution in [0.4, 0.5) is 15.0 Å². The molecule has 1 N–H and O–H groups in total. The molecule has 0 spiro atoms. The average Bonchev–Trinajstić information content (AvgIpc) is 2.61. The van der Waals surface area contributed by atoms with Gasteiger partial charge >= 0.3 is 6.09 Å². The van der Waals surface area contributed by atoms with E-state index in [4.69, 9.17) is 4.74 Å². The van der Waals surface area contributed by atoms with E-state index in [-0.39, 0.29) is 0 Å². The van der Waals surface area contributed by atoms with Crippen molar-refractivity contribution < 1.29 is 13.9 Å². The highest BCUT2D eigenvalue weighted by Gasteiger charge is 2.17. The normalized spacial score (nSPS) is 11.1. The molecule has 0 atom stereocenters. The highest BCUT2D eigenvalue weighted by molar-refractivity contribution is 5.86. The van der Waals surface area contributed by atoms with E-state index in [9.17, 15) is 9.18 Å². The topological polar surface area (TPSA) is 77.0 Å². The summed E-state index contributed by atoms with van der Waals surface area (Å²) in [5, 5.41) is 2.65. The molecule has 6 nitrogen and oxygen atoms in total. The van der Waals surface area contributed by atoms with Crippen LogP contribution in [-0.2, 0) is 4.74 Å². The number of amides is 1. The molecule has 3 heterocycles. The van der Waals surface area contributed by atoms with Crippen LogP contribution in [0.2, 0.25) is 0 Å². The minimum absolute atomic E-state index is 0.317. The molecule has 0 aromatic carbocycles. The van der Waals surface area contributed by atoms with Crippen molar-refractivity contribution in [3.8, 4) is 22.4 Å². The van der Waals surface area contributed by atoms with Crippen molar-refractivity contribution in [1.29, 1.82) is 0 Å². The Morgan fingerprint density at radius 1 is 1.04 bits per heavy atom. The number of halogens is 1. The lowest BCUT2D eigenvalue weighted by Gasteiger charge is -2.19. The van der Waals surface area contributed by atoms with E-state index in [0.29, 0.717) is 17.1 Å². The van der Waals surface area contributed by atoms with Crippen molar-refractivity contribution in [3.63, 3.8) is 0 Å². The molecular formula is C20H19FN4O2. The predicted octanol–water partition coefficient (Wildman–Crippen LogP) is 4.69. The average molecular weight is 366 g/mol. The number of carbonyl (C=O) groups is 1. The largest absolute Gasteiger partial charge is 0.444 e. The summed E-state index contributed by atoms with van der Waals surface area (Å²) in [7, 11) is 0. The predicted molar refractivity (Wildman–Crippen MR) is 101 cm³/mol. The van der Waals surface area contributed by atoms with E-state index < -0.39 is 17.6 Å². The molecule has 0 aliphatic carbocycles. The van der Waals surface area contributed by atoms with Crippen LogP contribution in [0.15, 0.2) is 55.0 Å². The Morgan fingerprint density at radius 3 is 2.41 bits per heavy atom. The molecule has 138 valence electrons. The van der Waals surface area contributed by atoms with Gasteiger partial charge in [-0.1, -0.05) is 0 Å². The minimum atomic E-state index is -0.628. The first-order valence-corrected chi connectivity index (χ1v) is 8.34. The fourth-order valence-electron chi connectivity index (χ4n) is 2.39. The summed E-state index contributed by atoms with van der Waals surface area (Å²) < 4.78 is 18.4. The van der Waals surface area contributed by atoms with Crippen LogP contribution in [-0.4, -0.2) is 26.6 Å². The van der Waals surface area contributed by atoms with Crippen molar-refractivity contribution >= 4 is 11.9 Å². The number of hydrogen-bond acceptors (Lipinski definition) is 5. The highest BCUT2D eigenvalue weighted by Crippen LogP contribution is 2.27. The molecule has 0 bridgehead atoms. The number of nitrogens with one attached hydrogen (secondary N) is 1. The maximum absolute atomic E-state index is 13.2. The zero-order valence-corrected chi connectivity index (χ0v) is 15.2. The number of hydrogen-bond donors (Lipinski definition) is 1. The van der Waals surface area contributed by atoms with Gasteiger partial charge in [0.25, 0.3) is 0 Å². The van der Waals surface area contributed by atoms with E-state index >= 15 is 0 Å². The van der Waals surface area contributed by atoms with E-state index in [1.54, 1.807) is 45.3 Å². The Bertz CT molecular complexity index is 938. The van der Waals surface area contributed by atoms with Gasteiger partial charge in [0.15, 0.2) is 0 Å². The van der Waals surface area contributed by atoms with Gasteiger partial charge in [-0.3, -0.25) is 10.3 Å². The smallest absolute Gasteiger partial charge is 0.413 e. The van der Waals surface area contributed by atoms with Gasteiger partial charge in [-0.15, -0.1) is 0 Å². The number of rotatable bonds is 3. The summed E-state index contributed by atoms with van der Waals surface area (Å²) in [6.07, 6.45) is 4.14. The summed E-state index contributed by atoms with van der Waals surface area (Å²) in [5.41, 5.74) is 2.26. The number of nitrogens with zero attached hydrogens (tertiary/aromatic N) is 3. The van der Waals surface area contributed by atoms with Gasteiger partial charge in [0.1, 0.15) is 11.4 Å². The first-order chi connectivity index (χ1) is 12.8. The Balaban J connectivity index is 2.00. The lowest BCUT2D eigenvalue weighted by molar-refractivity contribution is 0.0635. The van der Waals surface area contributed by atoms with E-state index in [1.165, 1.54) is 12.3 Å². The Morgan fingerprint density at radius 2 is 1.78 bits per heavy atom. The van der Waals surface area contributed by atoms with Crippen molar-refractivity contribution in [2.45, 2.75) is 26.4 Å². The molecular weight excluding hydrogens is 347 g/mol. The molecule has 3 aromatic heterocycles. The monoisotopic (exact) mass is 366 g/mol. The molecule has 27 heavy (non-hydrogen) atoms. The number of carbonyl (C=O) groups excluding carboxylic acids is 1. The molecule has 0 unspecified atom stereocenters. The van der Waals surface area contributed by atoms with Gasteiger partial charge in [-0.2, -0.15) is 4.39 Å². The van der Waals surface area contributed by atoms with Crippen LogP contribution in [0, 0.1) is 5.95 Å². The SMILES string of the molecule is CC(C)(C)OC(=O)Nc1cc(-c2ccc(F)nc2)cc(-c2ccncc2)n1. The number of anilines is 1. The van der Waals surface area contributed by atoms with Gasteiger partial charge in [0.05, 0.1) is 5.69 Å². The molecule has 0 aliphatic heterocycles. The van der Waals surface area contributed by atoms with Gasteiger partial charge in [-0.05, 0) is 62.7 Å². The lowest BCUT2D eigenvalue weighted by Crippen LogP contribution is -2.27. The van der Waals surface area contributed by atoms with Crippen molar-refractivity contribution in [2.75, 3.05) is 5.32 Å². The number of ether oxygens (including phenoxy) is 1. The fraction of sp³-hybridized carbons (Fsp3) is 0.200. The second-order valence-corrected chi connectivity index (χ2v) is 6.86. The van der Waals surface area contributed by atoms with Crippen LogP contribution in [0.25, 0.3) is 22.4 Å². The quantitative estimate of drug-likeness (QED) is 0.680. The molecule has 0 fully saturated rings. The second-order valence-electron chi connectivity index (χ2n) is 6.86. The Hall–Kier alpha value is -3.35. The standard InChI is InChI=1S/C20H19FN4O2/c1-20(2,3)27-19(26)25-18-11-15(14-4-5-17(21)23-12-14)10-16(24-18)13-6-8-22-9-7-13/h4-12H,1-3H3,(H,24,25,26). The van der Waals surface area contributed by atoms with Gasteiger partial charge in [0, 0.05) is 29.7 Å². The van der Waals surface area contributed by atoms with Crippen LogP contribution in [0.1, 0.15) is 20.8 Å². The first kappa shape index (κ1) is 18.4. The van der Waals surface area contributed by atoms with Crippen LogP contribution in [0.5, 0.6) is 0 Å². The fourth-order valence-corrected chi connectivity index (χ4v) is 2.39. The molecule has 3 aromatic rings. The summed E-state index contributed by atoms with van der Waals surface area (Å²) in [4.78, 5) is 24.3. The summed E-state index contributed by atoms with van der Waals surface area (Å²) in [6.45, 7) is 5.34. The van der Waals surface area contributed by atoms with Crippen LogP contribution < -0.4 is 5.32 Å². The molecule has 7 heteroatoms. The van der Waals surface area contributed by atoms with Crippen molar-refractivity contribution in [1.82, 2.24) is 15.0 Å². The van der Waals surface area contributed by atoms with Crippen LogP contribution in [0.3, 0.4) is 0 Å². The number of aromatic nitrogens is 3. The zero-order valence-electron chi connectivity index (χ0n) is 15.2. The van der Waals surface area contributed by atoms with E-state index in [0.717, 1.165) is 11.1 Å². The molecule has 1 amide bonds. The third-order valence-electron chi connectivity index (χ3n) is 3.49. The van der Waals surface area contributed by atoms with E-state index in [1.807, 2.05) is 18.2 Å². The lowest BCUT2D eigenvalue weighted by atomic mass is 10.1. The third kappa shape index (κ3) is 5.07. The van der Waals surface area contributed by atoms with E-state index in [2.05, 4.69) is 20.3 Å². The van der Waals surface area contributed by atoms with Gasteiger partial charge in [0.2, 0.25) is 5.95 Å².